The van der Waals surface area contributed by atoms with E-state index in [4.69, 9.17) is 14.2 Å². The summed E-state index contributed by atoms with van der Waals surface area (Å²) in [6, 6.07) is 61.4. The molecule has 0 bridgehead atoms. The second kappa shape index (κ2) is 25.6. The van der Waals surface area contributed by atoms with E-state index < -0.39 is 17.9 Å². The Balaban J connectivity index is 0.000000124. The Labute approximate surface area is 520 Å². The highest BCUT2D eigenvalue weighted by molar-refractivity contribution is 5.76. The fraction of sp³-hybridized carbons (Fsp3) is 0.240. The maximum Gasteiger partial charge on any atom is 0.307 e. The molecular formula is C75H66F3N3O9. The molecule has 3 N–H and O–H groups in total. The fourth-order valence-corrected chi connectivity index (χ4v) is 12.8. The molecule has 0 radical (unpaired) electrons. The summed E-state index contributed by atoms with van der Waals surface area (Å²) in [6.45, 7) is 4.40. The van der Waals surface area contributed by atoms with Gasteiger partial charge in [0.25, 0.3) is 0 Å². The van der Waals surface area contributed by atoms with Gasteiger partial charge >= 0.3 is 17.9 Å². The number of hydrogen-bond acceptors (Lipinski definition) is 9. The quantitative estimate of drug-likeness (QED) is 0.0897. The third kappa shape index (κ3) is 14.0. The van der Waals surface area contributed by atoms with Gasteiger partial charge in [0, 0.05) is 92.7 Å². The molecule has 3 saturated carbocycles. The molecule has 15 heteroatoms. The molecule has 3 heterocycles. The molecule has 3 unspecified atom stereocenters. The van der Waals surface area contributed by atoms with E-state index in [-0.39, 0.29) is 53.0 Å². The summed E-state index contributed by atoms with van der Waals surface area (Å²) in [4.78, 5) is 39.9. The van der Waals surface area contributed by atoms with Crippen LogP contribution in [0, 0.1) is 35.2 Å². The summed E-state index contributed by atoms with van der Waals surface area (Å²) >= 11 is 0. The van der Waals surface area contributed by atoms with E-state index in [2.05, 4.69) is 51.1 Å². The van der Waals surface area contributed by atoms with Gasteiger partial charge in [0.15, 0.2) is 0 Å². The van der Waals surface area contributed by atoms with Crippen molar-refractivity contribution >= 4 is 35.0 Å². The lowest BCUT2D eigenvalue weighted by Crippen LogP contribution is -2.30. The maximum atomic E-state index is 14.3. The Morgan fingerprint density at radius 2 is 0.611 bits per heavy atom. The summed E-state index contributed by atoms with van der Waals surface area (Å²) in [5.74, 6) is 0.0774. The smallest absolute Gasteiger partial charge is 0.307 e. The standard InChI is InChI=1S/3C25H22FNO3/c3*26-19-11-20(13-22(12-19)30-21-4-2-1-3-5-21)27-9-8-16-10-17(6-7-18(16)15-27)23-14-24(23)25(28)29/h3*1-7,10-13,23-24H,8-9,14-15H2,(H,28,29)/t23-,24?;23-,24+;/m01./s1. The van der Waals surface area contributed by atoms with Crippen LogP contribution >= 0.6 is 0 Å². The summed E-state index contributed by atoms with van der Waals surface area (Å²) in [5, 5.41) is 27.5. The maximum absolute atomic E-state index is 14.3. The second-order valence-corrected chi connectivity index (χ2v) is 24.1. The normalized spacial score (nSPS) is 19.8. The zero-order chi connectivity index (χ0) is 62.0. The average molecular weight is 1210 g/mol. The predicted octanol–water partition coefficient (Wildman–Crippen LogP) is 16.1. The molecule has 0 aromatic heterocycles. The van der Waals surface area contributed by atoms with E-state index in [9.17, 15) is 42.9 Å². The highest BCUT2D eigenvalue weighted by atomic mass is 19.1. The van der Waals surface area contributed by atoms with Crippen molar-refractivity contribution in [3.63, 3.8) is 0 Å². The number of aliphatic carboxylic acids is 3. The number of benzene rings is 9. The number of anilines is 3. The van der Waals surface area contributed by atoms with Gasteiger partial charge in [0.1, 0.15) is 51.9 Å². The Kier molecular flexibility index (Phi) is 16.8. The molecule has 0 amide bonds. The van der Waals surface area contributed by atoms with Crippen molar-refractivity contribution in [3.05, 3.63) is 268 Å². The van der Waals surface area contributed by atoms with Gasteiger partial charge in [0.05, 0.1) is 17.8 Å². The number of para-hydroxylation sites is 3. The van der Waals surface area contributed by atoms with Crippen LogP contribution in [0.1, 0.15) is 87.1 Å². The molecule has 9 aromatic carbocycles. The molecule has 3 aliphatic carbocycles. The average Bonchev–Trinajstić information content (AvgIpc) is 1.67. The van der Waals surface area contributed by atoms with E-state index in [1.165, 1.54) is 51.6 Å². The van der Waals surface area contributed by atoms with Crippen LogP contribution in [-0.4, -0.2) is 52.9 Å². The van der Waals surface area contributed by atoms with Gasteiger partial charge in [0.2, 0.25) is 0 Å². The minimum atomic E-state index is -0.705. The third-order valence-electron chi connectivity index (χ3n) is 17.9. The van der Waals surface area contributed by atoms with Gasteiger partial charge in [-0.1, -0.05) is 109 Å². The minimum Gasteiger partial charge on any atom is -0.481 e. The fourth-order valence-electron chi connectivity index (χ4n) is 12.8. The Morgan fingerprint density at radius 1 is 0.333 bits per heavy atom. The third-order valence-corrected chi connectivity index (χ3v) is 17.9. The largest absolute Gasteiger partial charge is 0.481 e. The van der Waals surface area contributed by atoms with Crippen LogP contribution in [0.15, 0.2) is 200 Å². The van der Waals surface area contributed by atoms with E-state index in [0.717, 1.165) is 91.9 Å². The first-order valence-corrected chi connectivity index (χ1v) is 30.6. The molecule has 12 nitrogen and oxygen atoms in total. The van der Waals surface area contributed by atoms with E-state index in [0.29, 0.717) is 54.1 Å². The molecule has 6 atom stereocenters. The molecule has 15 rings (SSSR count). The van der Waals surface area contributed by atoms with E-state index in [1.54, 1.807) is 18.2 Å². The number of nitrogens with zero attached hydrogens (tertiary/aromatic N) is 3. The zero-order valence-electron chi connectivity index (χ0n) is 49.3. The molecule has 0 spiro atoms. The SMILES string of the molecule is O=C(O)C1CC1c1ccc2c(c1)CCN(c1cc(F)cc(Oc3ccccc3)c1)C2.O=C(O)C1C[C@H]1c1ccc2c(c1)CCN(c1cc(F)cc(Oc3ccccc3)c1)C2.O=C(O)[C@H]1C[C@@H]1c1ccc2c(c1)CCN(c1cc(F)cc(Oc3ccccc3)c1)C2. The van der Waals surface area contributed by atoms with Crippen molar-refractivity contribution in [3.8, 4) is 34.5 Å². The van der Waals surface area contributed by atoms with Crippen molar-refractivity contribution in [2.75, 3.05) is 34.3 Å². The monoisotopic (exact) mass is 1210 g/mol. The summed E-state index contributed by atoms with van der Waals surface area (Å²) in [6.07, 6.45) is 4.73. The van der Waals surface area contributed by atoms with Crippen molar-refractivity contribution in [1.29, 1.82) is 0 Å². The highest BCUT2D eigenvalue weighted by Crippen LogP contribution is 2.50. The lowest BCUT2D eigenvalue weighted by molar-refractivity contribution is -0.139. The zero-order valence-corrected chi connectivity index (χ0v) is 49.3. The van der Waals surface area contributed by atoms with E-state index in [1.807, 2.05) is 127 Å². The number of ether oxygens (including phenoxy) is 3. The summed E-state index contributed by atoms with van der Waals surface area (Å²) in [7, 11) is 0. The van der Waals surface area contributed by atoms with Crippen molar-refractivity contribution in [2.24, 2.45) is 17.8 Å². The summed E-state index contributed by atoms with van der Waals surface area (Å²) in [5.41, 5.74) is 13.1. The molecule has 9 aromatic rings. The number of rotatable bonds is 15. The van der Waals surface area contributed by atoms with E-state index >= 15 is 0 Å². The topological polar surface area (TPSA) is 149 Å². The molecule has 90 heavy (non-hydrogen) atoms. The summed E-state index contributed by atoms with van der Waals surface area (Å²) < 4.78 is 60.3. The van der Waals surface area contributed by atoms with Gasteiger partial charge in [-0.2, -0.15) is 0 Å². The van der Waals surface area contributed by atoms with Gasteiger partial charge in [-0.15, -0.1) is 0 Å². The first kappa shape index (κ1) is 59.0. The highest BCUT2D eigenvalue weighted by Gasteiger charge is 2.46. The van der Waals surface area contributed by atoms with Crippen LogP contribution in [-0.2, 0) is 53.3 Å². The first-order valence-electron chi connectivity index (χ1n) is 30.6. The van der Waals surface area contributed by atoms with Crippen LogP contribution < -0.4 is 28.9 Å². The minimum absolute atomic E-state index is 0.145. The number of carboxylic acid groups (broad SMARTS) is 3. The van der Waals surface area contributed by atoms with Crippen LogP contribution in [0.2, 0.25) is 0 Å². The molecule has 456 valence electrons. The Morgan fingerprint density at radius 3 is 0.867 bits per heavy atom. The molecular weight excluding hydrogens is 1140 g/mol. The van der Waals surface area contributed by atoms with Crippen LogP contribution in [0.5, 0.6) is 34.5 Å². The molecule has 3 aliphatic heterocycles. The predicted molar refractivity (Wildman–Crippen MR) is 338 cm³/mol. The Bertz CT molecular complexity index is 3720. The van der Waals surface area contributed by atoms with Gasteiger partial charge in [-0.05, 0) is 161 Å². The van der Waals surface area contributed by atoms with Crippen molar-refractivity contribution < 1.29 is 57.1 Å². The second-order valence-electron chi connectivity index (χ2n) is 24.1. The molecule has 6 aliphatic rings. The molecule has 3 fully saturated rings. The van der Waals surface area contributed by atoms with Crippen molar-refractivity contribution in [1.82, 2.24) is 0 Å². The first-order chi connectivity index (χ1) is 43.7. The van der Waals surface area contributed by atoms with Crippen LogP contribution in [0.4, 0.5) is 30.2 Å². The molecule has 0 saturated heterocycles. The van der Waals surface area contributed by atoms with Crippen LogP contribution in [0.25, 0.3) is 0 Å². The lowest BCUT2D eigenvalue weighted by Gasteiger charge is -2.31. The number of carboxylic acids is 3. The number of carbonyl (C=O) groups is 3. The lowest BCUT2D eigenvalue weighted by atomic mass is 9.95. The number of hydrogen-bond donors (Lipinski definition) is 3. The van der Waals surface area contributed by atoms with Crippen molar-refractivity contribution in [2.45, 2.75) is 75.9 Å². The number of fused-ring (bicyclic) bond motifs is 3. The van der Waals surface area contributed by atoms with Gasteiger partial charge in [-0.3, -0.25) is 14.4 Å². The number of halogens is 3. The Hall–Kier alpha value is -10.0. The van der Waals surface area contributed by atoms with Gasteiger partial charge < -0.3 is 44.2 Å². The van der Waals surface area contributed by atoms with Gasteiger partial charge in [-0.25, -0.2) is 13.2 Å². The van der Waals surface area contributed by atoms with Crippen LogP contribution in [0.3, 0.4) is 0 Å².